The summed E-state index contributed by atoms with van der Waals surface area (Å²) in [5.41, 5.74) is 9.88. The molecule has 2 fully saturated rings. The molecule has 2 N–H and O–H groups in total. The molecule has 6 nitrogen and oxygen atoms in total. The number of nitrogen functional groups attached to an aromatic ring is 1. The molecule has 150 valence electrons. The van der Waals surface area contributed by atoms with Gasteiger partial charge in [0.15, 0.2) is 0 Å². The van der Waals surface area contributed by atoms with E-state index < -0.39 is 5.97 Å². The second-order valence-electron chi connectivity index (χ2n) is 7.97. The first-order valence-electron chi connectivity index (χ1n) is 10.4. The number of benzene rings is 1. The Morgan fingerprint density at radius 1 is 1.21 bits per heavy atom. The maximum Gasteiger partial charge on any atom is 0.343 e. The van der Waals surface area contributed by atoms with Crippen LogP contribution in [0.3, 0.4) is 0 Å². The number of rotatable bonds is 4. The molecule has 0 amide bonds. The number of carbonyl (C=O) groups is 1. The number of ether oxygens (including phenoxy) is 1. The number of esters is 1. The van der Waals surface area contributed by atoms with Crippen molar-refractivity contribution in [3.05, 3.63) is 33.6 Å². The molecule has 6 heteroatoms. The highest BCUT2D eigenvalue weighted by Crippen LogP contribution is 2.41. The maximum atomic E-state index is 13.1. The van der Waals surface area contributed by atoms with Crippen LogP contribution in [0.1, 0.15) is 67.4 Å². The standard InChI is InChI=1S/C22H29N3O3/c1-3-28-22(27)17-13-25(15-8-9-15)19-14(2)20(18(23)12-16(19)21(17)26)24-10-6-4-5-7-11-24/h12-13,15H,3-11,23H2,1-2H3. The van der Waals surface area contributed by atoms with Gasteiger partial charge in [0.2, 0.25) is 5.43 Å². The lowest BCUT2D eigenvalue weighted by atomic mass is 10.0. The molecule has 0 atom stereocenters. The van der Waals surface area contributed by atoms with Gasteiger partial charge in [-0.05, 0) is 51.2 Å². The van der Waals surface area contributed by atoms with Crippen LogP contribution in [0.15, 0.2) is 17.1 Å². The number of hydrogen-bond acceptors (Lipinski definition) is 5. The van der Waals surface area contributed by atoms with E-state index in [1.54, 1.807) is 19.2 Å². The third kappa shape index (κ3) is 3.25. The highest BCUT2D eigenvalue weighted by atomic mass is 16.5. The van der Waals surface area contributed by atoms with Crippen LogP contribution in [0.4, 0.5) is 11.4 Å². The third-order valence-corrected chi connectivity index (χ3v) is 5.91. The van der Waals surface area contributed by atoms with Crippen molar-refractivity contribution >= 4 is 28.2 Å². The summed E-state index contributed by atoms with van der Waals surface area (Å²) in [5.74, 6) is -0.559. The van der Waals surface area contributed by atoms with Gasteiger partial charge in [0.05, 0.1) is 23.5 Å². The molecule has 1 saturated heterocycles. The fourth-order valence-corrected chi connectivity index (χ4v) is 4.45. The lowest BCUT2D eigenvalue weighted by Crippen LogP contribution is -2.27. The number of hydrogen-bond donors (Lipinski definition) is 1. The fraction of sp³-hybridized carbons (Fsp3) is 0.545. The van der Waals surface area contributed by atoms with Gasteiger partial charge < -0.3 is 19.9 Å². The van der Waals surface area contributed by atoms with E-state index in [1.165, 1.54) is 12.8 Å². The first kappa shape index (κ1) is 18.8. The third-order valence-electron chi connectivity index (χ3n) is 5.91. The monoisotopic (exact) mass is 383 g/mol. The normalized spacial score (nSPS) is 17.6. The van der Waals surface area contributed by atoms with Gasteiger partial charge in [-0.25, -0.2) is 4.79 Å². The number of aryl methyl sites for hydroxylation is 1. The number of nitrogens with zero attached hydrogens (tertiary/aromatic N) is 2. The van der Waals surface area contributed by atoms with Crippen molar-refractivity contribution in [2.75, 3.05) is 30.3 Å². The van der Waals surface area contributed by atoms with Crippen LogP contribution in [0.25, 0.3) is 10.9 Å². The number of pyridine rings is 1. The minimum Gasteiger partial charge on any atom is -0.462 e. The molecule has 28 heavy (non-hydrogen) atoms. The zero-order valence-electron chi connectivity index (χ0n) is 16.8. The summed E-state index contributed by atoms with van der Waals surface area (Å²) in [4.78, 5) is 27.8. The van der Waals surface area contributed by atoms with Crippen LogP contribution in [0.5, 0.6) is 0 Å². The number of nitrogens with two attached hydrogens (primary N) is 1. The summed E-state index contributed by atoms with van der Waals surface area (Å²) in [6.45, 7) is 6.03. The van der Waals surface area contributed by atoms with Crippen LogP contribution in [-0.2, 0) is 4.74 Å². The largest absolute Gasteiger partial charge is 0.462 e. The predicted molar refractivity (Wildman–Crippen MR) is 112 cm³/mol. The van der Waals surface area contributed by atoms with Crippen molar-refractivity contribution in [2.45, 2.75) is 58.4 Å². The van der Waals surface area contributed by atoms with Crippen molar-refractivity contribution < 1.29 is 9.53 Å². The van der Waals surface area contributed by atoms with E-state index in [0.29, 0.717) is 17.1 Å². The Labute approximate surface area is 165 Å². The molecule has 0 unspecified atom stereocenters. The quantitative estimate of drug-likeness (QED) is 0.642. The summed E-state index contributed by atoms with van der Waals surface area (Å²) in [6, 6.07) is 2.10. The molecule has 2 heterocycles. The Morgan fingerprint density at radius 2 is 1.89 bits per heavy atom. The topological polar surface area (TPSA) is 77.6 Å². The van der Waals surface area contributed by atoms with Gasteiger partial charge in [-0.2, -0.15) is 0 Å². The fourth-order valence-electron chi connectivity index (χ4n) is 4.45. The molecule has 0 spiro atoms. The molecule has 2 aliphatic rings. The molecule has 4 rings (SSSR count). The Morgan fingerprint density at radius 3 is 2.50 bits per heavy atom. The van der Waals surface area contributed by atoms with Crippen LogP contribution in [0.2, 0.25) is 0 Å². The minimum atomic E-state index is -0.559. The second-order valence-corrected chi connectivity index (χ2v) is 7.97. The van der Waals surface area contributed by atoms with Gasteiger partial charge in [-0.3, -0.25) is 4.79 Å². The molecule has 2 aromatic rings. The van der Waals surface area contributed by atoms with Crippen LogP contribution in [-0.4, -0.2) is 30.2 Å². The van der Waals surface area contributed by atoms with Crippen molar-refractivity contribution in [1.29, 1.82) is 0 Å². The molecule has 1 aliphatic carbocycles. The zero-order valence-corrected chi connectivity index (χ0v) is 16.8. The van der Waals surface area contributed by atoms with Crippen molar-refractivity contribution in [3.8, 4) is 0 Å². The molecule has 1 aromatic heterocycles. The maximum absolute atomic E-state index is 13.1. The molecule has 0 radical (unpaired) electrons. The highest BCUT2D eigenvalue weighted by Gasteiger charge is 2.29. The van der Waals surface area contributed by atoms with E-state index in [4.69, 9.17) is 10.5 Å². The Kier molecular flexibility index (Phi) is 5.04. The van der Waals surface area contributed by atoms with Crippen LogP contribution >= 0.6 is 0 Å². The van der Waals surface area contributed by atoms with E-state index in [2.05, 4.69) is 16.4 Å². The smallest absolute Gasteiger partial charge is 0.343 e. The lowest BCUT2D eigenvalue weighted by Gasteiger charge is -2.28. The van der Waals surface area contributed by atoms with E-state index in [0.717, 1.165) is 55.5 Å². The van der Waals surface area contributed by atoms with Gasteiger partial charge in [0.1, 0.15) is 5.56 Å². The number of aromatic nitrogens is 1. The summed E-state index contributed by atoms with van der Waals surface area (Å²) in [5, 5.41) is 0.519. The van der Waals surface area contributed by atoms with Gasteiger partial charge in [-0.1, -0.05) is 12.8 Å². The Hall–Kier alpha value is -2.50. The Bertz CT molecular complexity index is 967. The summed E-state index contributed by atoms with van der Waals surface area (Å²) in [7, 11) is 0. The van der Waals surface area contributed by atoms with Crippen molar-refractivity contribution in [3.63, 3.8) is 0 Å². The molecule has 1 aromatic carbocycles. The van der Waals surface area contributed by atoms with E-state index in [-0.39, 0.29) is 17.6 Å². The number of carbonyl (C=O) groups excluding carboxylic acids is 1. The molecule has 0 bridgehead atoms. The number of fused-ring (bicyclic) bond motifs is 1. The second kappa shape index (κ2) is 7.49. The SMILES string of the molecule is CCOC(=O)c1cn(C2CC2)c2c(C)c(N3CCCCCC3)c(N)cc2c1=O. The van der Waals surface area contributed by atoms with E-state index in [1.807, 2.05) is 0 Å². The average molecular weight is 383 g/mol. The highest BCUT2D eigenvalue weighted by molar-refractivity contribution is 5.98. The summed E-state index contributed by atoms with van der Waals surface area (Å²) in [6.07, 6.45) is 8.64. The summed E-state index contributed by atoms with van der Waals surface area (Å²) < 4.78 is 7.22. The first-order chi connectivity index (χ1) is 13.5. The van der Waals surface area contributed by atoms with Crippen LogP contribution in [0, 0.1) is 6.92 Å². The average Bonchev–Trinajstić information content (AvgIpc) is 3.50. The molecular weight excluding hydrogens is 354 g/mol. The molecule has 1 aliphatic heterocycles. The predicted octanol–water partition coefficient (Wildman–Crippen LogP) is 3.78. The van der Waals surface area contributed by atoms with Crippen LogP contribution < -0.4 is 16.1 Å². The van der Waals surface area contributed by atoms with Gasteiger partial charge in [0.25, 0.3) is 0 Å². The van der Waals surface area contributed by atoms with E-state index >= 15 is 0 Å². The van der Waals surface area contributed by atoms with E-state index in [9.17, 15) is 9.59 Å². The Balaban J connectivity index is 1.94. The van der Waals surface area contributed by atoms with Gasteiger partial charge >= 0.3 is 5.97 Å². The lowest BCUT2D eigenvalue weighted by molar-refractivity contribution is 0.0524. The van der Waals surface area contributed by atoms with Crippen molar-refractivity contribution in [1.82, 2.24) is 4.57 Å². The summed E-state index contributed by atoms with van der Waals surface area (Å²) >= 11 is 0. The van der Waals surface area contributed by atoms with Gasteiger partial charge in [-0.15, -0.1) is 0 Å². The molecule has 1 saturated carbocycles. The van der Waals surface area contributed by atoms with Crippen molar-refractivity contribution in [2.24, 2.45) is 0 Å². The molecular formula is C22H29N3O3. The zero-order chi connectivity index (χ0) is 19.8. The number of anilines is 2. The minimum absolute atomic E-state index is 0.0996. The van der Waals surface area contributed by atoms with Gasteiger partial charge in [0, 0.05) is 30.7 Å². The first-order valence-corrected chi connectivity index (χ1v) is 10.4.